The Morgan fingerprint density at radius 1 is 0.623 bits per heavy atom. The molecule has 0 aliphatic carbocycles. The number of H-pyrrole nitrogens is 1. The van der Waals surface area contributed by atoms with Gasteiger partial charge in [-0.15, -0.1) is 0 Å². The molecule has 0 saturated heterocycles. The van der Waals surface area contributed by atoms with E-state index in [1.165, 1.54) is 12.7 Å². The number of hydrogen-bond donors (Lipinski definition) is 3. The van der Waals surface area contributed by atoms with Crippen LogP contribution in [0.5, 0.6) is 0 Å². The first-order chi connectivity index (χ1) is 26.0. The molecule has 0 fully saturated rings. The van der Waals surface area contributed by atoms with Gasteiger partial charge in [0.25, 0.3) is 23.6 Å². The van der Waals surface area contributed by atoms with Gasteiger partial charge in [-0.25, -0.2) is 9.98 Å². The second kappa shape index (κ2) is 14.0. The maximum Gasteiger partial charge on any atom is 0.262 e. The van der Waals surface area contributed by atoms with Crippen LogP contribution in [0.15, 0.2) is 141 Å². The van der Waals surface area contributed by atoms with E-state index in [1.807, 2.05) is 98.8 Å². The number of aliphatic imine (C=N–C) groups is 2. The van der Waals surface area contributed by atoms with Crippen molar-refractivity contribution in [3.8, 4) is 22.6 Å². The molecule has 0 unspecified atom stereocenters. The Kier molecular flexibility index (Phi) is 8.62. The van der Waals surface area contributed by atoms with Crippen LogP contribution in [-0.4, -0.2) is 48.8 Å². The first-order valence-corrected chi connectivity index (χ1v) is 16.5. The summed E-state index contributed by atoms with van der Waals surface area (Å²) in [5.74, 6) is 0.523. The number of nitrogens with zero attached hydrogens (tertiary/aromatic N) is 6. The average molecular weight is 700 g/mol. The highest BCUT2D eigenvalue weighted by Crippen LogP contribution is 2.45. The van der Waals surface area contributed by atoms with Gasteiger partial charge in [0.1, 0.15) is 17.5 Å². The third-order valence-corrected chi connectivity index (χ3v) is 8.65. The Labute approximate surface area is 302 Å². The number of rotatable bonds is 8. The average Bonchev–Trinajstić information content (AvgIpc) is 4.00. The summed E-state index contributed by atoms with van der Waals surface area (Å²) in [6.07, 6.45) is 2.56. The zero-order valence-corrected chi connectivity index (χ0v) is 28.4. The van der Waals surface area contributed by atoms with Crippen LogP contribution in [0.3, 0.4) is 0 Å². The Morgan fingerprint density at radius 3 is 1.75 bits per heavy atom. The molecule has 7 aromatic rings. The Bertz CT molecular complexity index is 2550. The van der Waals surface area contributed by atoms with Crippen molar-refractivity contribution in [3.63, 3.8) is 0 Å². The number of aromatic amines is 1. The SMILES string of the molecule is Cc1ccccc1C(=O)NC1=NC(=Nc2[nH]c(NC(=O)c3ccccc3C)c(-c3ncno3)c2-c2ccccc2)C(c2ccccc2)=C1c1ncno1. The van der Waals surface area contributed by atoms with Crippen molar-refractivity contribution >= 4 is 46.3 Å². The minimum absolute atomic E-state index is 0.130. The fourth-order valence-corrected chi connectivity index (χ4v) is 6.15. The summed E-state index contributed by atoms with van der Waals surface area (Å²) in [6.45, 7) is 3.72. The molecule has 13 heteroatoms. The van der Waals surface area contributed by atoms with Gasteiger partial charge in [-0.3, -0.25) is 9.59 Å². The van der Waals surface area contributed by atoms with Crippen LogP contribution in [0.25, 0.3) is 33.7 Å². The van der Waals surface area contributed by atoms with Crippen molar-refractivity contribution in [3.05, 3.63) is 156 Å². The van der Waals surface area contributed by atoms with E-state index in [0.29, 0.717) is 39.2 Å². The number of carbonyl (C=O) groups excluding carboxylic acids is 2. The van der Waals surface area contributed by atoms with Crippen LogP contribution < -0.4 is 10.6 Å². The van der Waals surface area contributed by atoms with Crippen molar-refractivity contribution in [1.82, 2.24) is 30.6 Å². The molecule has 0 radical (unpaired) electrons. The molecular weight excluding hydrogens is 670 g/mol. The number of carbonyl (C=O) groups is 2. The molecule has 1 aliphatic heterocycles. The van der Waals surface area contributed by atoms with Gasteiger partial charge in [-0.2, -0.15) is 9.97 Å². The number of amides is 2. The minimum atomic E-state index is -0.378. The molecule has 0 atom stereocenters. The summed E-state index contributed by atoms with van der Waals surface area (Å²) >= 11 is 0. The lowest BCUT2D eigenvalue weighted by molar-refractivity contribution is 0.0975. The molecule has 0 saturated carbocycles. The van der Waals surface area contributed by atoms with Gasteiger partial charge in [0, 0.05) is 22.3 Å². The molecule has 4 heterocycles. The molecule has 3 aromatic heterocycles. The second-order valence-corrected chi connectivity index (χ2v) is 12.0. The van der Waals surface area contributed by atoms with Crippen molar-refractivity contribution in [2.75, 3.05) is 5.32 Å². The standard InChI is InChI=1S/C40H29N9O4/c1-23-13-9-11-19-27(23)37(50)48-35-31(39-41-21-43-52-39)29(25-15-5-3-6-16-25)33(46-35)45-34-30(26-17-7-4-8-18-26)32(40-42-22-44-53-40)36(47-34)49-38(51)28-20-12-10-14-24(28)2/h3-22,46H,1-2H3,(H,48,50)(H,45,47,49,51). The molecule has 53 heavy (non-hydrogen) atoms. The van der Waals surface area contributed by atoms with Gasteiger partial charge < -0.3 is 24.7 Å². The molecule has 0 bridgehead atoms. The smallest absolute Gasteiger partial charge is 0.262 e. The highest BCUT2D eigenvalue weighted by atomic mass is 16.5. The van der Waals surface area contributed by atoms with Crippen LogP contribution in [0, 0.1) is 13.8 Å². The summed E-state index contributed by atoms with van der Waals surface area (Å²) in [6, 6.07) is 33.5. The number of aromatic nitrogens is 5. The number of anilines is 1. The van der Waals surface area contributed by atoms with E-state index in [1.54, 1.807) is 24.3 Å². The quantitative estimate of drug-likeness (QED) is 0.146. The molecule has 13 nitrogen and oxygen atoms in total. The van der Waals surface area contributed by atoms with Gasteiger partial charge in [-0.1, -0.05) is 107 Å². The fraction of sp³-hybridized carbons (Fsp3) is 0.0500. The lowest BCUT2D eigenvalue weighted by atomic mass is 9.99. The Morgan fingerprint density at radius 2 is 1.17 bits per heavy atom. The molecule has 2 amide bonds. The van der Waals surface area contributed by atoms with E-state index in [9.17, 15) is 9.59 Å². The second-order valence-electron chi connectivity index (χ2n) is 12.0. The topological polar surface area (TPSA) is 177 Å². The van der Waals surface area contributed by atoms with Crippen LogP contribution in [0.2, 0.25) is 0 Å². The largest absolute Gasteiger partial charge is 0.334 e. The molecule has 4 aromatic carbocycles. The van der Waals surface area contributed by atoms with Gasteiger partial charge in [0.2, 0.25) is 0 Å². The van der Waals surface area contributed by atoms with E-state index < -0.39 is 0 Å². The van der Waals surface area contributed by atoms with Gasteiger partial charge in [0.15, 0.2) is 18.5 Å². The van der Waals surface area contributed by atoms with Crippen LogP contribution in [0.4, 0.5) is 11.6 Å². The van der Waals surface area contributed by atoms with Gasteiger partial charge in [-0.05, 0) is 48.2 Å². The third kappa shape index (κ3) is 6.34. The predicted octanol–water partition coefficient (Wildman–Crippen LogP) is 7.47. The predicted molar refractivity (Wildman–Crippen MR) is 199 cm³/mol. The van der Waals surface area contributed by atoms with Crippen molar-refractivity contribution < 1.29 is 18.6 Å². The van der Waals surface area contributed by atoms with E-state index in [2.05, 4.69) is 35.9 Å². The van der Waals surface area contributed by atoms with Crippen LogP contribution >= 0.6 is 0 Å². The summed E-state index contributed by atoms with van der Waals surface area (Å²) < 4.78 is 11.2. The highest BCUT2D eigenvalue weighted by molar-refractivity contribution is 6.50. The van der Waals surface area contributed by atoms with Crippen molar-refractivity contribution in [2.24, 2.45) is 9.98 Å². The Hall–Kier alpha value is -7.54. The van der Waals surface area contributed by atoms with E-state index in [4.69, 9.17) is 19.0 Å². The fourth-order valence-electron chi connectivity index (χ4n) is 6.15. The first kappa shape index (κ1) is 32.7. The van der Waals surface area contributed by atoms with Gasteiger partial charge in [0.05, 0.1) is 11.1 Å². The van der Waals surface area contributed by atoms with Crippen molar-refractivity contribution in [2.45, 2.75) is 13.8 Å². The molecule has 3 N–H and O–H groups in total. The molecule has 8 rings (SSSR count). The monoisotopic (exact) mass is 699 g/mol. The third-order valence-electron chi connectivity index (χ3n) is 8.65. The lowest BCUT2D eigenvalue weighted by Crippen LogP contribution is -2.31. The van der Waals surface area contributed by atoms with Gasteiger partial charge >= 0.3 is 0 Å². The van der Waals surface area contributed by atoms with Crippen molar-refractivity contribution in [1.29, 1.82) is 0 Å². The Balaban J connectivity index is 1.36. The first-order valence-electron chi connectivity index (χ1n) is 16.5. The molecule has 1 aliphatic rings. The highest BCUT2D eigenvalue weighted by Gasteiger charge is 2.34. The maximum atomic E-state index is 13.7. The zero-order chi connectivity index (χ0) is 36.3. The number of amidine groups is 2. The number of hydrogen-bond acceptors (Lipinski definition) is 9. The molecular formula is C40H29N9O4. The number of benzene rings is 4. The van der Waals surface area contributed by atoms with E-state index in [-0.39, 0.29) is 41.1 Å². The molecule has 0 spiro atoms. The minimum Gasteiger partial charge on any atom is -0.334 e. The van der Waals surface area contributed by atoms with E-state index >= 15 is 0 Å². The summed E-state index contributed by atoms with van der Waals surface area (Å²) in [4.78, 5) is 49.5. The zero-order valence-electron chi connectivity index (χ0n) is 28.4. The van der Waals surface area contributed by atoms with E-state index in [0.717, 1.165) is 22.3 Å². The normalized spacial score (nSPS) is 13.3. The summed E-state index contributed by atoms with van der Waals surface area (Å²) in [5, 5.41) is 13.7. The number of nitrogens with one attached hydrogen (secondary N) is 3. The summed E-state index contributed by atoms with van der Waals surface area (Å²) in [5.41, 5.74) is 5.89. The summed E-state index contributed by atoms with van der Waals surface area (Å²) in [7, 11) is 0. The van der Waals surface area contributed by atoms with Crippen LogP contribution in [-0.2, 0) is 0 Å². The lowest BCUT2D eigenvalue weighted by Gasteiger charge is -2.09. The molecule has 258 valence electrons. The number of aryl methyl sites for hydroxylation is 2. The maximum absolute atomic E-state index is 13.7. The van der Waals surface area contributed by atoms with Crippen LogP contribution in [0.1, 0.15) is 43.3 Å².